The summed E-state index contributed by atoms with van der Waals surface area (Å²) in [5, 5.41) is 9.18. The molecule has 0 aromatic heterocycles. The van der Waals surface area contributed by atoms with E-state index in [0.717, 1.165) is 0 Å². The van der Waals surface area contributed by atoms with E-state index >= 15 is 0 Å². The van der Waals surface area contributed by atoms with Crippen LogP contribution in [0, 0.1) is 12.7 Å². The van der Waals surface area contributed by atoms with Crippen LogP contribution in [0.5, 0.6) is 0 Å². The number of benzene rings is 1. The molecule has 6 heteroatoms. The van der Waals surface area contributed by atoms with Gasteiger partial charge in [0.15, 0.2) is 0 Å². The van der Waals surface area contributed by atoms with Crippen molar-refractivity contribution in [2.24, 2.45) is 0 Å². The Hall–Kier alpha value is -1.95. The average Bonchev–Trinajstić information content (AvgIpc) is 2.85. The highest BCUT2D eigenvalue weighted by molar-refractivity contribution is 5.97. The molecule has 2 rings (SSSR count). The first kappa shape index (κ1) is 14.5. The van der Waals surface area contributed by atoms with Crippen molar-refractivity contribution in [3.8, 4) is 0 Å². The number of hydrogen-bond donors (Lipinski definition) is 1. The minimum absolute atomic E-state index is 0.225. The second-order valence-electron chi connectivity index (χ2n) is 4.87. The average molecular weight is 281 g/mol. The maximum absolute atomic E-state index is 13.2. The number of carbonyl (C=O) groups excluding carboxylic acids is 1. The van der Waals surface area contributed by atoms with Crippen molar-refractivity contribution in [3.05, 3.63) is 35.1 Å². The molecule has 1 aliphatic rings. The standard InChI is InChI=1S/C14H16FNO4/c1-8-5-9(3-4-11(8)15)13(17)16-7-10(20-2)6-12(16)14(18)19/h3-5,10,12H,6-7H2,1-2H3,(H,18,19). The smallest absolute Gasteiger partial charge is 0.326 e. The summed E-state index contributed by atoms with van der Waals surface area (Å²) in [5.74, 6) is -1.87. The molecule has 5 nitrogen and oxygen atoms in total. The van der Waals surface area contributed by atoms with Crippen LogP contribution >= 0.6 is 0 Å². The Balaban J connectivity index is 2.26. The zero-order valence-electron chi connectivity index (χ0n) is 11.3. The lowest BCUT2D eigenvalue weighted by Gasteiger charge is -2.21. The topological polar surface area (TPSA) is 66.8 Å². The summed E-state index contributed by atoms with van der Waals surface area (Å²) < 4.78 is 18.4. The van der Waals surface area contributed by atoms with Crippen molar-refractivity contribution in [2.45, 2.75) is 25.5 Å². The molecule has 0 radical (unpaired) electrons. The van der Waals surface area contributed by atoms with Gasteiger partial charge in [-0.25, -0.2) is 9.18 Å². The molecule has 20 heavy (non-hydrogen) atoms. The fourth-order valence-electron chi connectivity index (χ4n) is 2.37. The Morgan fingerprint density at radius 2 is 2.15 bits per heavy atom. The molecule has 1 aromatic rings. The fourth-order valence-corrected chi connectivity index (χ4v) is 2.37. The molecule has 0 aliphatic carbocycles. The van der Waals surface area contributed by atoms with E-state index in [9.17, 15) is 19.1 Å². The number of methoxy groups -OCH3 is 1. The van der Waals surface area contributed by atoms with Crippen LogP contribution in [0.3, 0.4) is 0 Å². The van der Waals surface area contributed by atoms with Gasteiger partial charge in [-0.2, -0.15) is 0 Å². The Kier molecular flexibility index (Phi) is 4.04. The monoisotopic (exact) mass is 281 g/mol. The number of rotatable bonds is 3. The van der Waals surface area contributed by atoms with E-state index in [4.69, 9.17) is 4.74 Å². The summed E-state index contributed by atoms with van der Waals surface area (Å²) in [6.45, 7) is 1.78. The summed E-state index contributed by atoms with van der Waals surface area (Å²) >= 11 is 0. The molecule has 1 heterocycles. The van der Waals surface area contributed by atoms with Gasteiger partial charge in [0.1, 0.15) is 11.9 Å². The first-order valence-electron chi connectivity index (χ1n) is 6.26. The molecule has 0 saturated carbocycles. The summed E-state index contributed by atoms with van der Waals surface area (Å²) in [5.41, 5.74) is 0.636. The zero-order valence-corrected chi connectivity index (χ0v) is 11.3. The Bertz CT molecular complexity index is 546. The number of halogens is 1. The van der Waals surface area contributed by atoms with Crippen LogP contribution in [-0.4, -0.2) is 47.7 Å². The van der Waals surface area contributed by atoms with Gasteiger partial charge < -0.3 is 14.7 Å². The van der Waals surface area contributed by atoms with Crippen LogP contribution in [0.2, 0.25) is 0 Å². The lowest BCUT2D eigenvalue weighted by molar-refractivity contribution is -0.141. The van der Waals surface area contributed by atoms with E-state index in [-0.39, 0.29) is 24.6 Å². The van der Waals surface area contributed by atoms with Gasteiger partial charge in [0.05, 0.1) is 6.10 Å². The largest absolute Gasteiger partial charge is 0.480 e. The van der Waals surface area contributed by atoms with Gasteiger partial charge in [0, 0.05) is 25.6 Å². The van der Waals surface area contributed by atoms with Crippen LogP contribution in [0.25, 0.3) is 0 Å². The molecule has 1 N–H and O–H groups in total. The minimum atomic E-state index is -1.06. The van der Waals surface area contributed by atoms with Gasteiger partial charge >= 0.3 is 5.97 Å². The first-order valence-corrected chi connectivity index (χ1v) is 6.26. The summed E-state index contributed by atoms with van der Waals surface area (Å²) in [6.07, 6.45) is -0.0285. The third-order valence-corrected chi connectivity index (χ3v) is 3.55. The van der Waals surface area contributed by atoms with E-state index in [1.807, 2.05) is 0 Å². The molecule has 1 fully saturated rings. The second kappa shape index (κ2) is 5.58. The van der Waals surface area contributed by atoms with Gasteiger partial charge in [-0.1, -0.05) is 0 Å². The van der Waals surface area contributed by atoms with E-state index in [1.165, 1.54) is 30.2 Å². The van der Waals surface area contributed by atoms with Crippen molar-refractivity contribution >= 4 is 11.9 Å². The molecule has 1 saturated heterocycles. The van der Waals surface area contributed by atoms with Crippen LogP contribution in [0.4, 0.5) is 4.39 Å². The molecular formula is C14H16FNO4. The molecular weight excluding hydrogens is 265 g/mol. The van der Waals surface area contributed by atoms with Crippen LogP contribution in [-0.2, 0) is 9.53 Å². The summed E-state index contributed by atoms with van der Waals surface area (Å²) in [4.78, 5) is 24.9. The predicted molar refractivity (Wildman–Crippen MR) is 69.0 cm³/mol. The number of carboxylic acid groups (broad SMARTS) is 1. The normalized spacial score (nSPS) is 22.1. The molecule has 0 spiro atoms. The number of hydrogen-bond acceptors (Lipinski definition) is 3. The number of amides is 1. The maximum Gasteiger partial charge on any atom is 0.326 e. The highest BCUT2D eigenvalue weighted by atomic mass is 19.1. The summed E-state index contributed by atoms with van der Waals surface area (Å²) in [7, 11) is 1.49. The van der Waals surface area contributed by atoms with Gasteiger partial charge in [-0.05, 0) is 30.7 Å². The molecule has 1 aromatic carbocycles. The fraction of sp³-hybridized carbons (Fsp3) is 0.429. The van der Waals surface area contributed by atoms with Gasteiger partial charge in [-0.15, -0.1) is 0 Å². The summed E-state index contributed by atoms with van der Waals surface area (Å²) in [6, 6.07) is 3.10. The number of aliphatic carboxylic acids is 1. The molecule has 2 atom stereocenters. The van der Waals surface area contributed by atoms with E-state index in [1.54, 1.807) is 6.92 Å². The predicted octanol–water partition coefficient (Wildman–Crippen LogP) is 1.45. The lowest BCUT2D eigenvalue weighted by Crippen LogP contribution is -2.40. The van der Waals surface area contributed by atoms with Gasteiger partial charge in [0.25, 0.3) is 5.91 Å². The molecule has 0 bridgehead atoms. The number of nitrogens with zero attached hydrogens (tertiary/aromatic N) is 1. The quantitative estimate of drug-likeness (QED) is 0.910. The van der Waals surface area contributed by atoms with E-state index < -0.39 is 23.7 Å². The van der Waals surface area contributed by atoms with Gasteiger partial charge in [-0.3, -0.25) is 4.79 Å². The van der Waals surface area contributed by atoms with Crippen molar-refractivity contribution in [1.29, 1.82) is 0 Å². The Morgan fingerprint density at radius 3 is 2.70 bits per heavy atom. The molecule has 2 unspecified atom stereocenters. The Labute approximate surface area is 116 Å². The highest BCUT2D eigenvalue weighted by Crippen LogP contribution is 2.23. The number of likely N-dealkylation sites (tertiary alicyclic amines) is 1. The third kappa shape index (κ3) is 2.65. The number of carboxylic acids is 1. The lowest BCUT2D eigenvalue weighted by atomic mass is 10.1. The second-order valence-corrected chi connectivity index (χ2v) is 4.87. The number of carbonyl (C=O) groups is 2. The first-order chi connectivity index (χ1) is 9.43. The van der Waals surface area contributed by atoms with Crippen molar-refractivity contribution in [3.63, 3.8) is 0 Å². The van der Waals surface area contributed by atoms with Gasteiger partial charge in [0.2, 0.25) is 0 Å². The number of aryl methyl sites for hydroxylation is 1. The molecule has 1 aliphatic heterocycles. The highest BCUT2D eigenvalue weighted by Gasteiger charge is 2.40. The van der Waals surface area contributed by atoms with Crippen molar-refractivity contribution < 1.29 is 23.8 Å². The van der Waals surface area contributed by atoms with E-state index in [0.29, 0.717) is 5.56 Å². The van der Waals surface area contributed by atoms with Crippen LogP contribution < -0.4 is 0 Å². The Morgan fingerprint density at radius 1 is 1.45 bits per heavy atom. The molecule has 108 valence electrons. The number of ether oxygens (including phenoxy) is 1. The maximum atomic E-state index is 13.2. The van der Waals surface area contributed by atoms with Crippen molar-refractivity contribution in [1.82, 2.24) is 4.90 Å². The van der Waals surface area contributed by atoms with E-state index in [2.05, 4.69) is 0 Å². The minimum Gasteiger partial charge on any atom is -0.480 e. The van der Waals surface area contributed by atoms with Crippen molar-refractivity contribution in [2.75, 3.05) is 13.7 Å². The SMILES string of the molecule is COC1CC(C(=O)O)N(C(=O)c2ccc(F)c(C)c2)C1. The zero-order chi connectivity index (χ0) is 14.9. The molecule has 1 amide bonds. The van der Waals surface area contributed by atoms with Crippen LogP contribution in [0.1, 0.15) is 22.3 Å². The van der Waals surface area contributed by atoms with Crippen LogP contribution in [0.15, 0.2) is 18.2 Å². The third-order valence-electron chi connectivity index (χ3n) is 3.55.